The first kappa shape index (κ1) is 13.6. The van der Waals surface area contributed by atoms with Crippen molar-refractivity contribution in [3.63, 3.8) is 0 Å². The Balaban J connectivity index is 2.89. The van der Waals surface area contributed by atoms with Gasteiger partial charge in [0.2, 0.25) is 0 Å². The lowest BCUT2D eigenvalue weighted by molar-refractivity contribution is 0.152. The number of hydrogen-bond donors (Lipinski definition) is 0. The Hall–Kier alpha value is -0.430. The molecule has 0 radical (unpaired) electrons. The van der Waals surface area contributed by atoms with Crippen LogP contribution in [0.25, 0.3) is 0 Å². The third-order valence-corrected chi connectivity index (χ3v) is 3.32. The number of hydrogen-bond acceptors (Lipinski definition) is 5. The Morgan fingerprint density at radius 2 is 1.88 bits per heavy atom. The molecule has 0 unspecified atom stereocenters. The van der Waals surface area contributed by atoms with E-state index < -0.39 is 21.2 Å². The summed E-state index contributed by atoms with van der Waals surface area (Å²) in [6.45, 7) is 7.02. The number of hydroxylamine groups is 2. The van der Waals surface area contributed by atoms with Crippen molar-refractivity contribution in [1.29, 1.82) is 0 Å². The molecule has 0 bridgehead atoms. The lowest BCUT2D eigenvalue weighted by Crippen LogP contribution is -2.46. The number of rotatable bonds is 3. The van der Waals surface area contributed by atoms with Gasteiger partial charge in [-0.1, -0.05) is 6.08 Å². The third kappa shape index (κ3) is 2.63. The fourth-order valence-corrected chi connectivity index (χ4v) is 2.24. The van der Waals surface area contributed by atoms with Crippen LogP contribution in [0.2, 0.25) is 0 Å². The van der Waals surface area contributed by atoms with E-state index >= 15 is 0 Å². The summed E-state index contributed by atoms with van der Waals surface area (Å²) in [5, 5.41) is 12.9. The van der Waals surface area contributed by atoms with Gasteiger partial charge in [-0.15, -0.1) is 0 Å². The first-order valence-electron chi connectivity index (χ1n) is 5.01. The van der Waals surface area contributed by atoms with Crippen LogP contribution >= 0.6 is 0 Å². The first-order chi connectivity index (χ1) is 6.97. The molecule has 0 aromatic heterocycles. The lowest BCUT2D eigenvalue weighted by Gasteiger charge is -2.47. The van der Waals surface area contributed by atoms with Crippen LogP contribution in [0.1, 0.15) is 27.7 Å². The third-order valence-electron chi connectivity index (χ3n) is 2.77. The van der Waals surface area contributed by atoms with Crippen molar-refractivity contribution < 1.29 is 12.6 Å². The molecule has 1 aliphatic heterocycles. The molecule has 0 aromatic carbocycles. The van der Waals surface area contributed by atoms with Crippen LogP contribution in [0.4, 0.5) is 0 Å². The second kappa shape index (κ2) is 3.80. The zero-order valence-electron chi connectivity index (χ0n) is 10.3. The predicted molar refractivity (Wildman–Crippen MR) is 62.2 cm³/mol. The molecule has 16 heavy (non-hydrogen) atoms. The van der Waals surface area contributed by atoms with Crippen molar-refractivity contribution in [2.45, 2.75) is 38.8 Å². The van der Waals surface area contributed by atoms with Gasteiger partial charge in [0.25, 0.3) is 10.1 Å². The Morgan fingerprint density at radius 1 is 1.38 bits per heavy atom. The fraction of sp³-hybridized carbons (Fsp3) is 0.800. The Morgan fingerprint density at radius 3 is 2.19 bits per heavy atom. The minimum absolute atomic E-state index is 0.0615. The van der Waals surface area contributed by atoms with E-state index in [9.17, 15) is 13.6 Å². The van der Waals surface area contributed by atoms with Crippen molar-refractivity contribution in [2.24, 2.45) is 0 Å². The van der Waals surface area contributed by atoms with Gasteiger partial charge in [0.15, 0.2) is 0 Å². The second-order valence-corrected chi connectivity index (χ2v) is 6.79. The van der Waals surface area contributed by atoms with E-state index in [2.05, 4.69) is 0 Å². The summed E-state index contributed by atoms with van der Waals surface area (Å²) < 4.78 is 26.5. The Labute approximate surface area is 96.8 Å². The van der Waals surface area contributed by atoms with Crippen LogP contribution < -0.4 is 0 Å². The number of nitrogens with zero attached hydrogens (tertiary/aromatic N) is 1. The average Bonchev–Trinajstić information content (AvgIpc) is 2.22. The molecule has 1 rings (SSSR count). The summed E-state index contributed by atoms with van der Waals surface area (Å²) in [4.78, 5) is 0. The standard InChI is InChI=1S/C10H18NO4S/c1-9(2)6-8(7-15-16(5,13)14)10(3,4)11(9)12/h6H,7H2,1-5H3/q-1. The van der Waals surface area contributed by atoms with Gasteiger partial charge >= 0.3 is 0 Å². The molecular weight excluding hydrogens is 230 g/mol. The molecule has 94 valence electrons. The summed E-state index contributed by atoms with van der Waals surface area (Å²) in [7, 11) is -3.48. The van der Waals surface area contributed by atoms with E-state index in [-0.39, 0.29) is 6.61 Å². The summed E-state index contributed by atoms with van der Waals surface area (Å²) in [6, 6.07) is 0. The van der Waals surface area contributed by atoms with Crippen LogP contribution in [0, 0.1) is 5.21 Å². The maximum atomic E-state index is 11.9. The predicted octanol–water partition coefficient (Wildman–Crippen LogP) is 1.26. The Bertz CT molecular complexity index is 409. The minimum atomic E-state index is -3.48. The van der Waals surface area contributed by atoms with Crippen LogP contribution in [-0.2, 0) is 14.3 Å². The minimum Gasteiger partial charge on any atom is -0.784 e. The molecule has 0 aliphatic carbocycles. The average molecular weight is 248 g/mol. The quantitative estimate of drug-likeness (QED) is 0.555. The van der Waals surface area contributed by atoms with Gasteiger partial charge in [-0.2, -0.15) is 8.42 Å². The van der Waals surface area contributed by atoms with E-state index in [1.54, 1.807) is 33.8 Å². The Kier molecular flexibility index (Phi) is 3.24. The van der Waals surface area contributed by atoms with E-state index in [4.69, 9.17) is 4.18 Å². The maximum Gasteiger partial charge on any atom is 0.264 e. The topological polar surface area (TPSA) is 69.7 Å². The van der Waals surface area contributed by atoms with E-state index in [0.29, 0.717) is 5.57 Å². The van der Waals surface area contributed by atoms with Gasteiger partial charge < -0.3 is 10.3 Å². The molecule has 0 amide bonds. The van der Waals surface area contributed by atoms with Crippen molar-refractivity contribution in [1.82, 2.24) is 5.06 Å². The van der Waals surface area contributed by atoms with Gasteiger partial charge in [-0.25, -0.2) is 0 Å². The summed E-state index contributed by atoms with van der Waals surface area (Å²) in [6.07, 6.45) is 2.76. The van der Waals surface area contributed by atoms with Gasteiger partial charge in [-0.05, 0) is 33.3 Å². The highest BCUT2D eigenvalue weighted by Crippen LogP contribution is 2.39. The SMILES string of the molecule is CC1(C)C=C(COS(C)(=O)=O)C(C)(C)N1[O-]. The zero-order chi connectivity index (χ0) is 12.8. The monoisotopic (exact) mass is 248 g/mol. The van der Waals surface area contributed by atoms with Crippen molar-refractivity contribution >= 4 is 10.1 Å². The van der Waals surface area contributed by atoms with E-state index in [1.165, 1.54) is 0 Å². The second-order valence-electron chi connectivity index (χ2n) is 5.14. The lowest BCUT2D eigenvalue weighted by atomic mass is 9.97. The zero-order valence-corrected chi connectivity index (χ0v) is 11.1. The highest BCUT2D eigenvalue weighted by atomic mass is 32.2. The highest BCUT2D eigenvalue weighted by Gasteiger charge is 2.39. The van der Waals surface area contributed by atoms with Gasteiger partial charge in [0.1, 0.15) is 0 Å². The molecule has 0 aromatic rings. The van der Waals surface area contributed by atoms with Crippen molar-refractivity contribution in [2.75, 3.05) is 12.9 Å². The molecule has 0 saturated carbocycles. The summed E-state index contributed by atoms with van der Waals surface area (Å²) in [5.74, 6) is 0. The largest absolute Gasteiger partial charge is 0.784 e. The van der Waals surface area contributed by atoms with E-state index in [0.717, 1.165) is 11.3 Å². The molecule has 0 saturated heterocycles. The van der Waals surface area contributed by atoms with Crippen molar-refractivity contribution in [3.05, 3.63) is 16.9 Å². The molecule has 1 heterocycles. The smallest absolute Gasteiger partial charge is 0.264 e. The van der Waals surface area contributed by atoms with Crippen LogP contribution in [0.3, 0.4) is 0 Å². The molecule has 1 aliphatic rings. The molecule has 0 spiro atoms. The molecule has 0 fully saturated rings. The van der Waals surface area contributed by atoms with Crippen LogP contribution in [0.15, 0.2) is 11.6 Å². The fourth-order valence-electron chi connectivity index (χ4n) is 1.90. The summed E-state index contributed by atoms with van der Waals surface area (Å²) >= 11 is 0. The molecular formula is C10H18NO4S-. The first-order valence-corrected chi connectivity index (χ1v) is 6.82. The molecule has 6 heteroatoms. The van der Waals surface area contributed by atoms with Crippen molar-refractivity contribution in [3.8, 4) is 0 Å². The molecule has 5 nitrogen and oxygen atoms in total. The van der Waals surface area contributed by atoms with Crippen LogP contribution in [-0.4, -0.2) is 37.4 Å². The highest BCUT2D eigenvalue weighted by molar-refractivity contribution is 7.85. The molecule has 0 atom stereocenters. The van der Waals surface area contributed by atoms with Gasteiger partial charge in [0, 0.05) is 11.1 Å². The van der Waals surface area contributed by atoms with Gasteiger partial charge in [0.05, 0.1) is 12.9 Å². The van der Waals surface area contributed by atoms with Gasteiger partial charge in [-0.3, -0.25) is 4.18 Å². The maximum absolute atomic E-state index is 11.9. The normalized spacial score (nSPS) is 24.5. The molecule has 0 N–H and O–H groups in total. The van der Waals surface area contributed by atoms with Crippen LogP contribution in [0.5, 0.6) is 0 Å². The van der Waals surface area contributed by atoms with E-state index in [1.807, 2.05) is 0 Å². The summed E-state index contributed by atoms with van der Waals surface area (Å²) in [5.41, 5.74) is -0.661.